The molecule has 25 heavy (non-hydrogen) atoms. The van der Waals surface area contributed by atoms with Crippen molar-refractivity contribution in [3.8, 4) is 5.75 Å². The van der Waals surface area contributed by atoms with Crippen LogP contribution in [0.25, 0.3) is 0 Å². The molecule has 0 aromatic heterocycles. The van der Waals surface area contributed by atoms with Gasteiger partial charge in [-0.05, 0) is 49.9 Å². The lowest BCUT2D eigenvalue weighted by atomic mass is 9.96. The van der Waals surface area contributed by atoms with Crippen molar-refractivity contribution in [3.05, 3.63) is 24.3 Å². The van der Waals surface area contributed by atoms with E-state index in [1.807, 2.05) is 6.92 Å². The molecule has 0 spiro atoms. The van der Waals surface area contributed by atoms with Crippen LogP contribution in [0.15, 0.2) is 29.2 Å². The van der Waals surface area contributed by atoms with E-state index in [9.17, 15) is 13.2 Å². The fourth-order valence-electron chi connectivity index (χ4n) is 2.76. The van der Waals surface area contributed by atoms with Crippen molar-refractivity contribution in [1.82, 2.24) is 9.62 Å². The summed E-state index contributed by atoms with van der Waals surface area (Å²) in [6, 6.07) is 6.50. The summed E-state index contributed by atoms with van der Waals surface area (Å²) in [5.74, 6) is 0.902. The minimum Gasteiger partial charge on any atom is -0.497 e. The molecule has 1 unspecified atom stereocenters. The first-order valence-electron chi connectivity index (χ1n) is 8.70. The highest BCUT2D eigenvalue weighted by atomic mass is 32.2. The minimum absolute atomic E-state index is 0.0303. The zero-order valence-electron chi connectivity index (χ0n) is 15.4. The smallest absolute Gasteiger partial charge is 0.243 e. The summed E-state index contributed by atoms with van der Waals surface area (Å²) in [4.78, 5) is 12.6. The highest BCUT2D eigenvalue weighted by Crippen LogP contribution is 2.25. The maximum absolute atomic E-state index is 12.7. The molecule has 1 fully saturated rings. The van der Waals surface area contributed by atoms with Crippen LogP contribution in [-0.4, -0.2) is 44.9 Å². The number of methoxy groups -OCH3 is 1. The molecule has 0 aliphatic carbocycles. The van der Waals surface area contributed by atoms with Gasteiger partial charge in [-0.3, -0.25) is 4.79 Å². The van der Waals surface area contributed by atoms with Crippen LogP contribution < -0.4 is 10.1 Å². The van der Waals surface area contributed by atoms with Crippen LogP contribution in [0.1, 0.15) is 33.6 Å². The summed E-state index contributed by atoms with van der Waals surface area (Å²) in [6.07, 6.45) is 1.10. The molecule has 1 saturated heterocycles. The number of nitrogens with zero attached hydrogens (tertiary/aromatic N) is 1. The fourth-order valence-corrected chi connectivity index (χ4v) is 4.23. The Morgan fingerprint density at radius 1 is 1.16 bits per heavy atom. The Kier molecular flexibility index (Phi) is 6.46. The second-order valence-corrected chi connectivity index (χ2v) is 8.83. The van der Waals surface area contributed by atoms with Gasteiger partial charge in [-0.15, -0.1) is 0 Å². The highest BCUT2D eigenvalue weighted by Gasteiger charge is 2.32. The average Bonchev–Trinajstić information content (AvgIpc) is 2.61. The third kappa shape index (κ3) is 4.73. The molecule has 1 N–H and O–H groups in total. The lowest BCUT2D eigenvalue weighted by molar-refractivity contribution is -0.127. The van der Waals surface area contributed by atoms with E-state index < -0.39 is 10.0 Å². The standard InChI is InChI=1S/C18H28N2O4S/c1-13(2)14(3)19-18(21)15-9-11-20(12-10-15)25(22,23)17-7-5-16(24-4)6-8-17/h5-8,13-15H,9-12H2,1-4H3,(H,19,21). The Hall–Kier alpha value is -1.60. The first-order valence-corrected chi connectivity index (χ1v) is 10.1. The Bertz CT molecular complexity index is 678. The first-order chi connectivity index (χ1) is 11.8. The summed E-state index contributed by atoms with van der Waals surface area (Å²) in [5.41, 5.74) is 0. The first kappa shape index (κ1) is 19.7. The van der Waals surface area contributed by atoms with Gasteiger partial charge in [-0.1, -0.05) is 13.8 Å². The van der Waals surface area contributed by atoms with E-state index in [-0.39, 0.29) is 22.8 Å². The van der Waals surface area contributed by atoms with E-state index in [2.05, 4.69) is 19.2 Å². The molecule has 2 rings (SSSR count). The van der Waals surface area contributed by atoms with Crippen molar-refractivity contribution in [2.24, 2.45) is 11.8 Å². The molecule has 1 aliphatic heterocycles. The van der Waals surface area contributed by atoms with Crippen molar-refractivity contribution >= 4 is 15.9 Å². The van der Waals surface area contributed by atoms with Gasteiger partial charge >= 0.3 is 0 Å². The van der Waals surface area contributed by atoms with Gasteiger partial charge in [0.05, 0.1) is 12.0 Å². The number of carbonyl (C=O) groups is 1. The van der Waals surface area contributed by atoms with Gasteiger partial charge in [0.15, 0.2) is 0 Å². The molecule has 0 bridgehead atoms. The van der Waals surface area contributed by atoms with Crippen LogP contribution in [0.3, 0.4) is 0 Å². The second-order valence-electron chi connectivity index (χ2n) is 6.90. The summed E-state index contributed by atoms with van der Waals surface area (Å²) < 4.78 is 32.0. The number of hydrogen-bond donors (Lipinski definition) is 1. The van der Waals surface area contributed by atoms with Gasteiger partial charge in [-0.2, -0.15) is 4.31 Å². The summed E-state index contributed by atoms with van der Waals surface area (Å²) >= 11 is 0. The Morgan fingerprint density at radius 2 is 1.72 bits per heavy atom. The molecule has 1 amide bonds. The topological polar surface area (TPSA) is 75.7 Å². The monoisotopic (exact) mass is 368 g/mol. The number of benzene rings is 1. The third-order valence-electron chi connectivity index (χ3n) is 4.89. The number of amides is 1. The van der Waals surface area contributed by atoms with E-state index in [4.69, 9.17) is 4.74 Å². The fraction of sp³-hybridized carbons (Fsp3) is 0.611. The van der Waals surface area contributed by atoms with Crippen LogP contribution in [0, 0.1) is 11.8 Å². The normalized spacial score (nSPS) is 18.1. The number of piperidine rings is 1. The molecular formula is C18H28N2O4S. The van der Waals surface area contributed by atoms with E-state index in [1.54, 1.807) is 31.4 Å². The van der Waals surface area contributed by atoms with Gasteiger partial charge in [0.1, 0.15) is 5.75 Å². The van der Waals surface area contributed by atoms with Crippen molar-refractivity contribution < 1.29 is 17.9 Å². The lowest BCUT2D eigenvalue weighted by Crippen LogP contribution is -2.45. The maximum Gasteiger partial charge on any atom is 0.243 e. The van der Waals surface area contributed by atoms with Crippen LogP contribution in [0.5, 0.6) is 5.75 Å². The number of rotatable bonds is 6. The zero-order valence-corrected chi connectivity index (χ0v) is 16.2. The summed E-state index contributed by atoms with van der Waals surface area (Å²) in [7, 11) is -1.99. The quantitative estimate of drug-likeness (QED) is 0.836. The molecular weight excluding hydrogens is 340 g/mol. The van der Waals surface area contributed by atoms with E-state index in [1.165, 1.54) is 4.31 Å². The minimum atomic E-state index is -3.53. The Labute approximate surface area is 150 Å². The molecule has 1 aromatic rings. The predicted octanol–water partition coefficient (Wildman–Crippen LogP) is 2.26. The maximum atomic E-state index is 12.7. The van der Waals surface area contributed by atoms with E-state index in [0.717, 1.165) is 0 Å². The molecule has 0 radical (unpaired) electrons. The van der Waals surface area contributed by atoms with Gasteiger partial charge in [0, 0.05) is 25.0 Å². The van der Waals surface area contributed by atoms with Gasteiger partial charge < -0.3 is 10.1 Å². The molecule has 0 saturated carbocycles. The second kappa shape index (κ2) is 8.19. The number of carbonyl (C=O) groups excluding carboxylic acids is 1. The largest absolute Gasteiger partial charge is 0.497 e. The SMILES string of the molecule is COc1ccc(S(=O)(=O)N2CCC(C(=O)NC(C)C(C)C)CC2)cc1. The number of nitrogens with one attached hydrogen (secondary N) is 1. The summed E-state index contributed by atoms with van der Waals surface area (Å²) in [5, 5.41) is 3.03. The number of hydrogen-bond acceptors (Lipinski definition) is 4. The molecule has 6 nitrogen and oxygen atoms in total. The van der Waals surface area contributed by atoms with Crippen LogP contribution in [-0.2, 0) is 14.8 Å². The molecule has 140 valence electrons. The molecule has 1 heterocycles. The van der Waals surface area contributed by atoms with E-state index in [0.29, 0.717) is 37.6 Å². The van der Waals surface area contributed by atoms with Crippen molar-refractivity contribution in [2.75, 3.05) is 20.2 Å². The van der Waals surface area contributed by atoms with Crippen LogP contribution in [0.2, 0.25) is 0 Å². The zero-order chi connectivity index (χ0) is 18.6. The van der Waals surface area contributed by atoms with Crippen molar-refractivity contribution in [3.63, 3.8) is 0 Å². The van der Waals surface area contributed by atoms with Crippen LogP contribution >= 0.6 is 0 Å². The molecule has 7 heteroatoms. The van der Waals surface area contributed by atoms with Crippen molar-refractivity contribution in [2.45, 2.75) is 44.6 Å². The van der Waals surface area contributed by atoms with Gasteiger partial charge in [0.2, 0.25) is 15.9 Å². The Morgan fingerprint density at radius 3 is 2.20 bits per heavy atom. The van der Waals surface area contributed by atoms with Crippen molar-refractivity contribution in [1.29, 1.82) is 0 Å². The highest BCUT2D eigenvalue weighted by molar-refractivity contribution is 7.89. The predicted molar refractivity (Wildman–Crippen MR) is 96.9 cm³/mol. The molecule has 1 aliphatic rings. The summed E-state index contributed by atoms with van der Waals surface area (Å²) in [6.45, 7) is 6.85. The third-order valence-corrected chi connectivity index (χ3v) is 6.80. The van der Waals surface area contributed by atoms with E-state index >= 15 is 0 Å². The average molecular weight is 368 g/mol. The molecule has 1 aromatic carbocycles. The Balaban J connectivity index is 1.97. The lowest BCUT2D eigenvalue weighted by Gasteiger charge is -2.31. The number of sulfonamides is 1. The van der Waals surface area contributed by atoms with Gasteiger partial charge in [0.25, 0.3) is 0 Å². The van der Waals surface area contributed by atoms with Crippen LogP contribution in [0.4, 0.5) is 0 Å². The molecule has 1 atom stereocenters. The van der Waals surface area contributed by atoms with Gasteiger partial charge in [-0.25, -0.2) is 8.42 Å². The number of ether oxygens (including phenoxy) is 1.